The molecule has 4 heteroatoms. The van der Waals surface area contributed by atoms with Gasteiger partial charge in [-0.05, 0) is 61.6 Å². The number of nitrogens with zero attached hydrogens (tertiary/aromatic N) is 1. The molecule has 0 saturated carbocycles. The summed E-state index contributed by atoms with van der Waals surface area (Å²) in [6.07, 6.45) is 1.41. The van der Waals surface area contributed by atoms with Gasteiger partial charge in [0.1, 0.15) is 0 Å². The smallest absolute Gasteiger partial charge is 0.254 e. The van der Waals surface area contributed by atoms with Crippen LogP contribution in [0, 0.1) is 20.8 Å². The standard InChI is InChI=1S/C22H24N2O2/c1-14-10-15(2)20(16(3)11-14)17-4-6-18(7-5-17)21(26)24-12-22(13-24)9-8-19(25)23-22/h4-7,10-11H,8-9,12-13H2,1-3H3,(H,23,25). The summed E-state index contributed by atoms with van der Waals surface area (Å²) >= 11 is 0. The average Bonchev–Trinajstić information content (AvgIpc) is 2.95. The third-order valence-corrected chi connectivity index (χ3v) is 5.61. The predicted molar refractivity (Wildman–Crippen MR) is 102 cm³/mol. The topological polar surface area (TPSA) is 49.4 Å². The number of hydrogen-bond acceptors (Lipinski definition) is 2. The molecule has 0 aliphatic carbocycles. The first kappa shape index (κ1) is 16.8. The van der Waals surface area contributed by atoms with Crippen molar-refractivity contribution in [3.8, 4) is 11.1 Å². The van der Waals surface area contributed by atoms with Gasteiger partial charge in [0.15, 0.2) is 0 Å². The molecule has 2 aromatic rings. The number of benzene rings is 2. The molecular formula is C22H24N2O2. The average molecular weight is 348 g/mol. The van der Waals surface area contributed by atoms with Crippen LogP contribution in [-0.2, 0) is 4.79 Å². The van der Waals surface area contributed by atoms with E-state index in [2.05, 4.69) is 38.2 Å². The number of nitrogens with one attached hydrogen (secondary N) is 1. The van der Waals surface area contributed by atoms with Crippen LogP contribution in [0.5, 0.6) is 0 Å². The molecule has 134 valence electrons. The molecule has 1 N–H and O–H groups in total. The second kappa shape index (κ2) is 5.97. The SMILES string of the molecule is Cc1cc(C)c(-c2ccc(C(=O)N3CC4(CCC(=O)N4)C3)cc2)c(C)c1. The summed E-state index contributed by atoms with van der Waals surface area (Å²) in [7, 11) is 0. The van der Waals surface area contributed by atoms with E-state index in [0.29, 0.717) is 25.1 Å². The van der Waals surface area contributed by atoms with E-state index in [1.165, 1.54) is 22.3 Å². The highest BCUT2D eigenvalue weighted by atomic mass is 16.2. The van der Waals surface area contributed by atoms with E-state index < -0.39 is 0 Å². The van der Waals surface area contributed by atoms with Gasteiger partial charge in [0.25, 0.3) is 5.91 Å². The summed E-state index contributed by atoms with van der Waals surface area (Å²) in [6, 6.07) is 12.3. The van der Waals surface area contributed by atoms with Crippen molar-refractivity contribution in [2.24, 2.45) is 0 Å². The van der Waals surface area contributed by atoms with Crippen LogP contribution in [0.1, 0.15) is 39.9 Å². The molecule has 0 radical (unpaired) electrons. The lowest BCUT2D eigenvalue weighted by atomic mass is 9.87. The highest BCUT2D eigenvalue weighted by Gasteiger charge is 2.49. The predicted octanol–water partition coefficient (Wildman–Crippen LogP) is 3.38. The number of rotatable bonds is 2. The van der Waals surface area contributed by atoms with Crippen LogP contribution in [0.4, 0.5) is 0 Å². The zero-order valence-corrected chi connectivity index (χ0v) is 15.6. The van der Waals surface area contributed by atoms with E-state index in [4.69, 9.17) is 0 Å². The molecule has 0 bridgehead atoms. The molecule has 4 rings (SSSR count). The Morgan fingerprint density at radius 2 is 1.65 bits per heavy atom. The van der Waals surface area contributed by atoms with Gasteiger partial charge in [-0.25, -0.2) is 0 Å². The fourth-order valence-corrected chi connectivity index (χ4v) is 4.44. The van der Waals surface area contributed by atoms with Gasteiger partial charge in [-0.1, -0.05) is 29.8 Å². The third-order valence-electron chi connectivity index (χ3n) is 5.61. The Balaban J connectivity index is 1.50. The van der Waals surface area contributed by atoms with Crippen molar-refractivity contribution >= 4 is 11.8 Å². The number of carbonyl (C=O) groups is 2. The molecule has 2 saturated heterocycles. The van der Waals surface area contributed by atoms with E-state index in [0.717, 1.165) is 12.0 Å². The molecule has 2 fully saturated rings. The summed E-state index contributed by atoms with van der Waals surface area (Å²) < 4.78 is 0. The molecule has 2 amide bonds. The Hall–Kier alpha value is -2.62. The second-order valence-corrected chi connectivity index (χ2v) is 7.84. The van der Waals surface area contributed by atoms with Crippen LogP contribution in [0.25, 0.3) is 11.1 Å². The van der Waals surface area contributed by atoms with Crippen molar-refractivity contribution in [2.75, 3.05) is 13.1 Å². The molecule has 2 heterocycles. The zero-order valence-electron chi connectivity index (χ0n) is 15.6. The van der Waals surface area contributed by atoms with Crippen LogP contribution in [-0.4, -0.2) is 35.3 Å². The van der Waals surface area contributed by atoms with Gasteiger partial charge in [-0.3, -0.25) is 9.59 Å². The van der Waals surface area contributed by atoms with E-state index >= 15 is 0 Å². The van der Waals surface area contributed by atoms with Crippen LogP contribution >= 0.6 is 0 Å². The van der Waals surface area contributed by atoms with Crippen LogP contribution in [0.2, 0.25) is 0 Å². The van der Waals surface area contributed by atoms with Gasteiger partial charge in [-0.2, -0.15) is 0 Å². The van der Waals surface area contributed by atoms with Crippen molar-refractivity contribution in [1.82, 2.24) is 10.2 Å². The van der Waals surface area contributed by atoms with Crippen molar-refractivity contribution < 1.29 is 9.59 Å². The molecule has 0 aromatic heterocycles. The fourth-order valence-electron chi connectivity index (χ4n) is 4.44. The lowest BCUT2D eigenvalue weighted by Gasteiger charge is -2.47. The van der Waals surface area contributed by atoms with Gasteiger partial charge in [0.2, 0.25) is 5.91 Å². The van der Waals surface area contributed by atoms with Crippen LogP contribution in [0.15, 0.2) is 36.4 Å². The highest BCUT2D eigenvalue weighted by molar-refractivity contribution is 5.96. The van der Waals surface area contributed by atoms with Gasteiger partial charge in [-0.15, -0.1) is 0 Å². The van der Waals surface area contributed by atoms with E-state index in [1.807, 2.05) is 29.2 Å². The summed E-state index contributed by atoms with van der Waals surface area (Å²) in [5.74, 6) is 0.144. The largest absolute Gasteiger partial charge is 0.347 e. The minimum Gasteiger partial charge on any atom is -0.347 e. The molecular weight excluding hydrogens is 324 g/mol. The maximum absolute atomic E-state index is 12.7. The quantitative estimate of drug-likeness (QED) is 0.904. The molecule has 1 spiro atoms. The maximum Gasteiger partial charge on any atom is 0.254 e. The molecule has 2 aliphatic heterocycles. The second-order valence-electron chi connectivity index (χ2n) is 7.84. The number of likely N-dealkylation sites (tertiary alicyclic amines) is 1. The maximum atomic E-state index is 12.7. The lowest BCUT2D eigenvalue weighted by molar-refractivity contribution is -0.120. The first-order chi connectivity index (χ1) is 12.4. The Kier molecular flexibility index (Phi) is 3.87. The Morgan fingerprint density at radius 1 is 1.04 bits per heavy atom. The summed E-state index contributed by atoms with van der Waals surface area (Å²) in [5, 5.41) is 3.02. The molecule has 0 atom stereocenters. The third kappa shape index (κ3) is 2.79. The van der Waals surface area contributed by atoms with E-state index in [1.54, 1.807) is 0 Å². The summed E-state index contributed by atoms with van der Waals surface area (Å²) in [6.45, 7) is 7.61. The summed E-state index contributed by atoms with van der Waals surface area (Å²) in [4.78, 5) is 25.9. The van der Waals surface area contributed by atoms with Crippen molar-refractivity contribution in [3.63, 3.8) is 0 Å². The van der Waals surface area contributed by atoms with Crippen molar-refractivity contribution in [3.05, 3.63) is 58.7 Å². The Morgan fingerprint density at radius 3 is 2.19 bits per heavy atom. The van der Waals surface area contributed by atoms with Gasteiger partial charge >= 0.3 is 0 Å². The fraction of sp³-hybridized carbons (Fsp3) is 0.364. The first-order valence-electron chi connectivity index (χ1n) is 9.15. The first-order valence-corrected chi connectivity index (χ1v) is 9.15. The van der Waals surface area contributed by atoms with Crippen molar-refractivity contribution in [2.45, 2.75) is 39.2 Å². The normalized spacial score (nSPS) is 18.0. The Bertz CT molecular complexity index is 870. The van der Waals surface area contributed by atoms with Gasteiger partial charge in [0, 0.05) is 25.1 Å². The number of amides is 2. The molecule has 0 unspecified atom stereocenters. The minimum atomic E-state index is -0.164. The van der Waals surface area contributed by atoms with Crippen molar-refractivity contribution in [1.29, 1.82) is 0 Å². The lowest BCUT2D eigenvalue weighted by Crippen LogP contribution is -2.68. The number of carbonyl (C=O) groups excluding carboxylic acids is 2. The molecule has 4 nitrogen and oxygen atoms in total. The molecule has 2 aromatic carbocycles. The summed E-state index contributed by atoms with van der Waals surface area (Å²) in [5.41, 5.74) is 6.69. The molecule has 2 aliphatic rings. The molecule has 26 heavy (non-hydrogen) atoms. The number of hydrogen-bond donors (Lipinski definition) is 1. The van der Waals surface area contributed by atoms with E-state index in [-0.39, 0.29) is 17.4 Å². The number of aryl methyl sites for hydroxylation is 3. The highest BCUT2D eigenvalue weighted by Crippen LogP contribution is 2.32. The minimum absolute atomic E-state index is 0.0423. The van der Waals surface area contributed by atoms with Gasteiger partial charge < -0.3 is 10.2 Å². The Labute approximate surface area is 154 Å². The van der Waals surface area contributed by atoms with Crippen LogP contribution < -0.4 is 5.32 Å². The monoisotopic (exact) mass is 348 g/mol. The van der Waals surface area contributed by atoms with Gasteiger partial charge in [0.05, 0.1) is 5.54 Å². The van der Waals surface area contributed by atoms with Crippen LogP contribution in [0.3, 0.4) is 0 Å². The zero-order chi connectivity index (χ0) is 18.5. The van der Waals surface area contributed by atoms with E-state index in [9.17, 15) is 9.59 Å².